The molecule has 0 radical (unpaired) electrons. The van der Waals surface area contributed by atoms with Crippen molar-refractivity contribution in [3.8, 4) is 11.4 Å². The zero-order valence-corrected chi connectivity index (χ0v) is 16.3. The zero-order chi connectivity index (χ0) is 19.4. The number of pyridine rings is 1. The van der Waals surface area contributed by atoms with E-state index in [4.69, 9.17) is 9.97 Å². The van der Waals surface area contributed by atoms with Crippen LogP contribution in [0.4, 0.5) is 10.2 Å². The fourth-order valence-corrected chi connectivity index (χ4v) is 5.62. The molecule has 0 spiro atoms. The molecule has 1 aromatic carbocycles. The van der Waals surface area contributed by atoms with Crippen molar-refractivity contribution in [2.75, 3.05) is 5.32 Å². The topological polar surface area (TPSA) is 50.7 Å². The molecule has 0 fully saturated rings. The summed E-state index contributed by atoms with van der Waals surface area (Å²) in [6, 6.07) is 10.4. The number of fused-ring (bicyclic) bond motifs is 6. The van der Waals surface area contributed by atoms with Gasteiger partial charge in [0.1, 0.15) is 16.5 Å². The van der Waals surface area contributed by atoms with E-state index in [0.29, 0.717) is 18.3 Å². The van der Waals surface area contributed by atoms with E-state index in [0.717, 1.165) is 33.6 Å². The van der Waals surface area contributed by atoms with Crippen molar-refractivity contribution in [3.05, 3.63) is 76.7 Å². The molecule has 0 saturated heterocycles. The van der Waals surface area contributed by atoms with Crippen LogP contribution in [-0.2, 0) is 6.54 Å². The molecule has 29 heavy (non-hydrogen) atoms. The molecule has 0 aliphatic heterocycles. The summed E-state index contributed by atoms with van der Waals surface area (Å²) in [6.45, 7) is 0.579. The van der Waals surface area contributed by atoms with Crippen molar-refractivity contribution >= 4 is 32.9 Å². The number of hydrogen-bond acceptors (Lipinski definition) is 5. The Morgan fingerprint density at radius 3 is 2.72 bits per heavy atom. The number of hydrogen-bond donors (Lipinski definition) is 1. The average Bonchev–Trinajstić information content (AvgIpc) is 3.31. The smallest absolute Gasteiger partial charge is 0.163 e. The number of nitrogens with zero attached hydrogens (tertiary/aromatic N) is 3. The van der Waals surface area contributed by atoms with Gasteiger partial charge in [-0.3, -0.25) is 4.98 Å². The van der Waals surface area contributed by atoms with E-state index in [1.54, 1.807) is 35.9 Å². The molecule has 1 N–H and O–H groups in total. The first-order chi connectivity index (χ1) is 14.3. The highest BCUT2D eigenvalue weighted by atomic mass is 32.1. The standard InChI is InChI=1S/C23H17FN4S/c24-15-6-4-13(5-7-15)12-26-22-19-18-16-2-1-3-17(16)20(18)29-23(19)28-21(27-22)14-8-10-25-11-9-14/h2,4-11,17H,1,3,12H2,(H,26,27,28). The molecule has 3 aromatic heterocycles. The number of nitrogens with one attached hydrogen (secondary N) is 1. The highest BCUT2D eigenvalue weighted by Gasteiger charge is 2.39. The summed E-state index contributed by atoms with van der Waals surface area (Å²) in [5, 5.41) is 4.61. The van der Waals surface area contributed by atoms with Gasteiger partial charge in [-0.1, -0.05) is 18.2 Å². The first-order valence-electron chi connectivity index (χ1n) is 9.71. The van der Waals surface area contributed by atoms with Gasteiger partial charge in [-0.15, -0.1) is 11.3 Å². The minimum atomic E-state index is -0.225. The van der Waals surface area contributed by atoms with Gasteiger partial charge in [-0.2, -0.15) is 0 Å². The van der Waals surface area contributed by atoms with E-state index >= 15 is 0 Å². The molecule has 2 aliphatic rings. The van der Waals surface area contributed by atoms with E-state index in [-0.39, 0.29) is 5.82 Å². The molecule has 1 atom stereocenters. The lowest BCUT2D eigenvalue weighted by molar-refractivity contribution is 0.627. The third-order valence-electron chi connectivity index (χ3n) is 5.69. The van der Waals surface area contributed by atoms with Crippen LogP contribution in [0.25, 0.3) is 27.2 Å². The van der Waals surface area contributed by atoms with Gasteiger partial charge in [-0.25, -0.2) is 14.4 Å². The number of thiophene rings is 1. The molecule has 4 nitrogen and oxygen atoms in total. The molecule has 142 valence electrons. The summed E-state index contributed by atoms with van der Waals surface area (Å²) >= 11 is 1.79. The van der Waals surface area contributed by atoms with Crippen LogP contribution in [-0.4, -0.2) is 15.0 Å². The van der Waals surface area contributed by atoms with E-state index < -0.39 is 0 Å². The van der Waals surface area contributed by atoms with Crippen LogP contribution in [0.5, 0.6) is 0 Å². The minimum absolute atomic E-state index is 0.225. The maximum absolute atomic E-state index is 13.2. The van der Waals surface area contributed by atoms with E-state index in [1.807, 2.05) is 12.1 Å². The van der Waals surface area contributed by atoms with Gasteiger partial charge in [0.05, 0.1) is 5.39 Å². The molecule has 2 aliphatic carbocycles. The van der Waals surface area contributed by atoms with Gasteiger partial charge < -0.3 is 5.32 Å². The normalized spacial score (nSPS) is 16.9. The van der Waals surface area contributed by atoms with Gasteiger partial charge >= 0.3 is 0 Å². The molecule has 1 unspecified atom stereocenters. The molecular formula is C23H17FN4S. The Morgan fingerprint density at radius 1 is 1.07 bits per heavy atom. The number of allylic oxidation sites excluding steroid dienone is 2. The molecule has 6 heteroatoms. The number of halogens is 1. The SMILES string of the molecule is Fc1ccc(CNc2nc(-c3ccncc3)nc3sc4c(c23)C2=CCCC24)cc1. The fourth-order valence-electron chi connectivity index (χ4n) is 4.27. The van der Waals surface area contributed by atoms with Crippen LogP contribution < -0.4 is 5.32 Å². The van der Waals surface area contributed by atoms with Crippen LogP contribution in [0.15, 0.2) is 54.9 Å². The molecule has 6 rings (SSSR count). The lowest BCUT2D eigenvalue weighted by Gasteiger charge is -2.26. The summed E-state index contributed by atoms with van der Waals surface area (Å²) in [4.78, 5) is 16.3. The second-order valence-electron chi connectivity index (χ2n) is 7.42. The third-order valence-corrected chi connectivity index (χ3v) is 6.89. The van der Waals surface area contributed by atoms with Crippen molar-refractivity contribution in [2.45, 2.75) is 25.3 Å². The summed E-state index contributed by atoms with van der Waals surface area (Å²) in [5.74, 6) is 1.90. The van der Waals surface area contributed by atoms with Crippen LogP contribution in [0, 0.1) is 5.82 Å². The second-order valence-corrected chi connectivity index (χ2v) is 8.45. The lowest BCUT2D eigenvalue weighted by Crippen LogP contribution is -2.10. The Hall–Kier alpha value is -3.12. The van der Waals surface area contributed by atoms with Crippen LogP contribution in [0.2, 0.25) is 0 Å². The number of benzene rings is 1. The van der Waals surface area contributed by atoms with Crippen LogP contribution in [0.3, 0.4) is 0 Å². The maximum Gasteiger partial charge on any atom is 0.163 e. The van der Waals surface area contributed by atoms with Crippen molar-refractivity contribution in [2.24, 2.45) is 0 Å². The Labute approximate surface area is 171 Å². The Morgan fingerprint density at radius 2 is 1.90 bits per heavy atom. The average molecular weight is 400 g/mol. The zero-order valence-electron chi connectivity index (χ0n) is 15.5. The van der Waals surface area contributed by atoms with Gasteiger partial charge in [-0.05, 0) is 48.2 Å². The number of rotatable bonds is 4. The number of aromatic nitrogens is 3. The third kappa shape index (κ3) is 2.67. The molecule has 0 bridgehead atoms. The predicted molar refractivity (Wildman–Crippen MR) is 114 cm³/mol. The van der Waals surface area contributed by atoms with Crippen molar-refractivity contribution in [1.82, 2.24) is 15.0 Å². The first-order valence-corrected chi connectivity index (χ1v) is 10.5. The quantitative estimate of drug-likeness (QED) is 0.472. The highest BCUT2D eigenvalue weighted by molar-refractivity contribution is 7.19. The molecule has 0 saturated carbocycles. The van der Waals surface area contributed by atoms with E-state index in [9.17, 15) is 4.39 Å². The van der Waals surface area contributed by atoms with Gasteiger partial charge in [0.25, 0.3) is 0 Å². The van der Waals surface area contributed by atoms with Crippen LogP contribution in [0.1, 0.15) is 34.8 Å². The van der Waals surface area contributed by atoms with Crippen molar-refractivity contribution in [1.29, 1.82) is 0 Å². The monoisotopic (exact) mass is 400 g/mol. The van der Waals surface area contributed by atoms with E-state index in [2.05, 4.69) is 16.4 Å². The lowest BCUT2D eigenvalue weighted by atomic mass is 9.80. The summed E-state index contributed by atoms with van der Waals surface area (Å²) in [7, 11) is 0. The number of anilines is 1. The molecule has 0 amide bonds. The Bertz CT molecular complexity index is 1260. The predicted octanol–water partition coefficient (Wildman–Crippen LogP) is 5.78. The maximum atomic E-state index is 13.2. The second kappa shape index (κ2) is 6.46. The highest BCUT2D eigenvalue weighted by Crippen LogP contribution is 2.59. The van der Waals surface area contributed by atoms with Crippen LogP contribution >= 0.6 is 11.3 Å². The molecule has 4 aromatic rings. The Kier molecular flexibility index (Phi) is 3.74. The summed E-state index contributed by atoms with van der Waals surface area (Å²) in [6.07, 6.45) is 8.23. The van der Waals surface area contributed by atoms with Gasteiger partial charge in [0, 0.05) is 40.9 Å². The Balaban J connectivity index is 1.47. The van der Waals surface area contributed by atoms with Gasteiger partial charge in [0.2, 0.25) is 0 Å². The van der Waals surface area contributed by atoms with Crippen molar-refractivity contribution in [3.63, 3.8) is 0 Å². The fraction of sp³-hybridized carbons (Fsp3) is 0.174. The molecular weight excluding hydrogens is 383 g/mol. The largest absolute Gasteiger partial charge is 0.365 e. The minimum Gasteiger partial charge on any atom is -0.365 e. The summed E-state index contributed by atoms with van der Waals surface area (Å²) in [5.41, 5.74) is 4.74. The van der Waals surface area contributed by atoms with E-state index in [1.165, 1.54) is 34.6 Å². The summed E-state index contributed by atoms with van der Waals surface area (Å²) < 4.78 is 13.2. The van der Waals surface area contributed by atoms with Crippen molar-refractivity contribution < 1.29 is 4.39 Å². The molecule has 3 heterocycles. The van der Waals surface area contributed by atoms with Gasteiger partial charge in [0.15, 0.2) is 5.82 Å². The first kappa shape index (κ1) is 16.8.